The molecule has 0 spiro atoms. The number of carbonyl (C=O) groups excluding carboxylic acids is 1. The Balaban J connectivity index is 1.60. The van der Waals surface area contributed by atoms with Gasteiger partial charge in [-0.2, -0.15) is 10.4 Å². The molecular weight excluding hydrogens is 513 g/mol. The van der Waals surface area contributed by atoms with Gasteiger partial charge in [-0.05, 0) is 58.0 Å². The molecule has 0 saturated carbocycles. The summed E-state index contributed by atoms with van der Waals surface area (Å²) in [6.45, 7) is 7.74. The van der Waals surface area contributed by atoms with Gasteiger partial charge in [-0.25, -0.2) is 19.0 Å². The minimum atomic E-state index is -0.784. The minimum Gasteiger partial charge on any atom is -0.457 e. The highest BCUT2D eigenvalue weighted by Gasteiger charge is 2.23. The van der Waals surface area contributed by atoms with E-state index in [1.807, 2.05) is 31.2 Å². The summed E-state index contributed by atoms with van der Waals surface area (Å²) >= 11 is 0. The van der Waals surface area contributed by atoms with Crippen LogP contribution in [0.3, 0.4) is 0 Å². The second-order valence-electron chi connectivity index (χ2n) is 9.63. The number of nitrogens with one attached hydrogen (secondary N) is 1. The van der Waals surface area contributed by atoms with Crippen molar-refractivity contribution in [3.63, 3.8) is 0 Å². The fraction of sp³-hybridized carbons (Fsp3) is 0.276. The van der Waals surface area contributed by atoms with E-state index in [-0.39, 0.29) is 29.2 Å². The number of hydrogen-bond acceptors (Lipinski definition) is 8. The van der Waals surface area contributed by atoms with Crippen LogP contribution in [0.2, 0.25) is 0 Å². The van der Waals surface area contributed by atoms with Crippen LogP contribution < -0.4 is 15.8 Å². The quantitative estimate of drug-likeness (QED) is 0.215. The van der Waals surface area contributed by atoms with E-state index in [1.54, 1.807) is 45.0 Å². The Bertz CT molecular complexity index is 1590. The summed E-state index contributed by atoms with van der Waals surface area (Å²) in [4.78, 5) is 21.2. The smallest absolute Gasteiger partial charge is 0.261 e. The highest BCUT2D eigenvalue weighted by Crippen LogP contribution is 2.34. The van der Waals surface area contributed by atoms with Crippen molar-refractivity contribution >= 4 is 22.8 Å². The van der Waals surface area contributed by atoms with Gasteiger partial charge in [0.2, 0.25) is 0 Å². The Hall–Kier alpha value is -4.82. The number of carbonyl (C=O) groups is 1. The van der Waals surface area contributed by atoms with E-state index >= 15 is 4.39 Å². The van der Waals surface area contributed by atoms with Gasteiger partial charge in [-0.15, -0.1) is 0 Å². The number of anilines is 1. The molecule has 0 aliphatic carbocycles. The number of aromatic nitrogens is 4. The van der Waals surface area contributed by atoms with E-state index < -0.39 is 23.4 Å². The molecule has 2 heterocycles. The molecule has 0 saturated heterocycles. The lowest BCUT2D eigenvalue weighted by molar-refractivity contribution is -0.117. The molecule has 10 nitrogen and oxygen atoms in total. The Labute approximate surface area is 231 Å². The zero-order chi connectivity index (χ0) is 28.9. The Morgan fingerprint density at radius 1 is 1.23 bits per heavy atom. The molecule has 206 valence electrons. The molecule has 0 radical (unpaired) electrons. The molecule has 2 aromatic heterocycles. The van der Waals surface area contributed by atoms with Crippen molar-refractivity contribution in [2.24, 2.45) is 0 Å². The van der Waals surface area contributed by atoms with E-state index in [0.717, 1.165) is 0 Å². The molecule has 3 N–H and O–H groups in total. The molecule has 0 unspecified atom stereocenters. The number of halogens is 1. The number of nitrogens with zero attached hydrogens (tertiary/aromatic N) is 5. The lowest BCUT2D eigenvalue weighted by atomic mass is 10.0. The lowest BCUT2D eigenvalue weighted by Gasteiger charge is -2.21. The summed E-state index contributed by atoms with van der Waals surface area (Å²) in [5, 5.41) is 17.3. The lowest BCUT2D eigenvalue weighted by Crippen LogP contribution is -2.37. The number of hydrogen-bond donors (Lipinski definition) is 2. The molecule has 2 aromatic carbocycles. The highest BCUT2D eigenvalue weighted by molar-refractivity contribution is 5.99. The van der Waals surface area contributed by atoms with Crippen molar-refractivity contribution in [2.75, 3.05) is 12.3 Å². The summed E-state index contributed by atoms with van der Waals surface area (Å²) in [7, 11) is 0. The van der Waals surface area contributed by atoms with Crippen LogP contribution in [0.4, 0.5) is 10.2 Å². The van der Waals surface area contributed by atoms with Crippen LogP contribution in [0.15, 0.2) is 66.5 Å². The number of rotatable bonds is 10. The van der Waals surface area contributed by atoms with Gasteiger partial charge in [0, 0.05) is 24.3 Å². The van der Waals surface area contributed by atoms with Crippen molar-refractivity contribution in [1.82, 2.24) is 25.1 Å². The van der Waals surface area contributed by atoms with Crippen LogP contribution in [0.5, 0.6) is 11.5 Å². The average molecular weight is 544 g/mol. The third-order valence-electron chi connectivity index (χ3n) is 5.93. The van der Waals surface area contributed by atoms with Gasteiger partial charge in [0.1, 0.15) is 46.8 Å². The summed E-state index contributed by atoms with van der Waals surface area (Å²) in [6, 6.07) is 15.0. The Morgan fingerprint density at radius 3 is 2.65 bits per heavy atom. The second-order valence-corrected chi connectivity index (χ2v) is 9.63. The molecule has 0 aliphatic rings. The van der Waals surface area contributed by atoms with E-state index in [4.69, 9.17) is 15.2 Å². The molecule has 1 amide bonds. The molecule has 0 bridgehead atoms. The topological polar surface area (TPSA) is 141 Å². The van der Waals surface area contributed by atoms with E-state index in [2.05, 4.69) is 20.4 Å². The SMILES string of the molecule is CCOC(C)(C)C=C(C#N)C(=O)N[C@@H](C)Cn1nc(-c2ccc(Oc3ccccc3)cc2F)c2c(N)ncnc21. The highest BCUT2D eigenvalue weighted by atomic mass is 19.1. The van der Waals surface area contributed by atoms with Crippen molar-refractivity contribution in [1.29, 1.82) is 5.26 Å². The monoisotopic (exact) mass is 543 g/mol. The van der Waals surface area contributed by atoms with Crippen molar-refractivity contribution in [2.45, 2.75) is 45.9 Å². The predicted molar refractivity (Wildman–Crippen MR) is 149 cm³/mol. The van der Waals surface area contributed by atoms with Crippen LogP contribution in [0, 0.1) is 17.1 Å². The first kappa shape index (κ1) is 28.2. The maximum atomic E-state index is 15.3. The zero-order valence-corrected chi connectivity index (χ0v) is 22.7. The largest absolute Gasteiger partial charge is 0.457 e. The number of benzene rings is 2. The second kappa shape index (κ2) is 11.9. The van der Waals surface area contributed by atoms with Gasteiger partial charge in [0.15, 0.2) is 5.65 Å². The average Bonchev–Trinajstić information content (AvgIpc) is 3.26. The van der Waals surface area contributed by atoms with Crippen LogP contribution >= 0.6 is 0 Å². The van der Waals surface area contributed by atoms with Crippen LogP contribution in [-0.4, -0.2) is 43.9 Å². The number of para-hydroxylation sites is 1. The van der Waals surface area contributed by atoms with E-state index in [9.17, 15) is 10.1 Å². The maximum Gasteiger partial charge on any atom is 0.261 e. The van der Waals surface area contributed by atoms with Crippen LogP contribution in [0.25, 0.3) is 22.3 Å². The van der Waals surface area contributed by atoms with Gasteiger partial charge >= 0.3 is 0 Å². The normalized spacial score (nSPS) is 12.7. The van der Waals surface area contributed by atoms with Gasteiger partial charge in [0.05, 0.1) is 17.5 Å². The molecule has 0 aliphatic heterocycles. The fourth-order valence-electron chi connectivity index (χ4n) is 4.24. The molecule has 0 fully saturated rings. The number of fused-ring (bicyclic) bond motifs is 1. The summed E-state index contributed by atoms with van der Waals surface area (Å²) in [5.74, 6) is -0.0710. The van der Waals surface area contributed by atoms with Gasteiger partial charge in [-0.3, -0.25) is 4.79 Å². The number of nitrogens with two attached hydrogens (primary N) is 1. The van der Waals surface area contributed by atoms with Crippen LogP contribution in [0.1, 0.15) is 27.7 Å². The van der Waals surface area contributed by atoms with Gasteiger partial charge < -0.3 is 20.5 Å². The first-order valence-corrected chi connectivity index (χ1v) is 12.7. The number of amides is 1. The third kappa shape index (κ3) is 6.42. The minimum absolute atomic E-state index is 0.0669. The number of nitriles is 1. The summed E-state index contributed by atoms with van der Waals surface area (Å²) in [6.07, 6.45) is 2.78. The molecule has 40 heavy (non-hydrogen) atoms. The third-order valence-corrected chi connectivity index (χ3v) is 5.93. The van der Waals surface area contributed by atoms with Gasteiger partial charge in [0.25, 0.3) is 5.91 Å². The first-order valence-electron chi connectivity index (χ1n) is 12.7. The molecule has 11 heteroatoms. The Kier molecular flexibility index (Phi) is 8.40. The predicted octanol–water partition coefficient (Wildman–Crippen LogP) is 4.78. The zero-order valence-electron chi connectivity index (χ0n) is 22.7. The fourth-order valence-corrected chi connectivity index (χ4v) is 4.24. The Morgan fingerprint density at radius 2 is 1.98 bits per heavy atom. The molecule has 4 aromatic rings. The number of nitrogen functional groups attached to an aromatic ring is 1. The van der Waals surface area contributed by atoms with E-state index in [0.29, 0.717) is 29.1 Å². The maximum absolute atomic E-state index is 15.3. The molecular formula is C29H30FN7O3. The standard InChI is InChI=1S/C29H30FN7O3/c1-5-39-29(3,4)14-19(15-31)28(38)35-18(2)16-37-27-24(26(32)33-17-34-27)25(36-37)22-12-11-21(13-23(22)30)40-20-9-7-6-8-10-20/h6-14,17-18H,5,16H2,1-4H3,(H,35,38)(H2,32,33,34)/t18-/m0/s1. The van der Waals surface area contributed by atoms with Crippen molar-refractivity contribution in [3.05, 3.63) is 72.3 Å². The first-order chi connectivity index (χ1) is 19.1. The summed E-state index contributed by atoms with van der Waals surface area (Å²) < 4.78 is 28.2. The molecule has 4 rings (SSSR count). The number of ether oxygens (including phenoxy) is 2. The van der Waals surface area contributed by atoms with E-state index in [1.165, 1.54) is 23.2 Å². The van der Waals surface area contributed by atoms with Crippen molar-refractivity contribution in [3.8, 4) is 28.8 Å². The van der Waals surface area contributed by atoms with Crippen LogP contribution in [-0.2, 0) is 16.1 Å². The van der Waals surface area contributed by atoms with Gasteiger partial charge in [-0.1, -0.05) is 18.2 Å². The van der Waals surface area contributed by atoms with Crippen molar-refractivity contribution < 1.29 is 18.7 Å². The molecule has 1 atom stereocenters. The summed E-state index contributed by atoms with van der Waals surface area (Å²) in [5.41, 5.74) is 6.14.